The van der Waals surface area contributed by atoms with Crippen molar-refractivity contribution in [3.8, 4) is 0 Å². The third kappa shape index (κ3) is 2.59. The molecule has 0 radical (unpaired) electrons. The maximum absolute atomic E-state index is 3.96. The van der Waals surface area contributed by atoms with E-state index in [2.05, 4.69) is 51.7 Å². The summed E-state index contributed by atoms with van der Waals surface area (Å²) in [6.07, 6.45) is 0. The van der Waals surface area contributed by atoms with Crippen LogP contribution in [-0.4, -0.2) is 19.4 Å². The van der Waals surface area contributed by atoms with Gasteiger partial charge in [0, 0.05) is 25.1 Å². The zero-order valence-electron chi connectivity index (χ0n) is 8.05. The molecule has 70 valence electrons. The van der Waals surface area contributed by atoms with Crippen molar-refractivity contribution in [3.05, 3.63) is 36.4 Å². The highest BCUT2D eigenvalue weighted by Crippen LogP contribution is 2.18. The molecule has 0 saturated heterocycles. The lowest BCUT2D eigenvalue weighted by Gasteiger charge is -2.12. The van der Waals surface area contributed by atoms with Gasteiger partial charge in [0.2, 0.25) is 0 Å². The van der Waals surface area contributed by atoms with E-state index in [1.807, 2.05) is 14.1 Å². The topological polar surface area (TPSA) is 3.24 Å². The first-order valence-electron chi connectivity index (χ1n) is 4.16. The fourth-order valence-electron chi connectivity index (χ4n) is 1.07. The maximum Gasteiger partial charge on any atom is 0.0361 e. The molecule has 0 heterocycles. The molecule has 1 aromatic rings. The van der Waals surface area contributed by atoms with Crippen LogP contribution in [0.3, 0.4) is 0 Å². The molecule has 0 aliphatic carbocycles. The second-order valence-electron chi connectivity index (χ2n) is 3.18. The highest BCUT2D eigenvalue weighted by molar-refractivity contribution is 9.09. The number of benzene rings is 1. The number of hydrogen-bond acceptors (Lipinski definition) is 1. The highest BCUT2D eigenvalue weighted by atomic mass is 79.9. The lowest BCUT2D eigenvalue weighted by Crippen LogP contribution is -2.08. The molecule has 0 amide bonds. The molecule has 0 aliphatic rings. The van der Waals surface area contributed by atoms with E-state index in [1.54, 1.807) is 0 Å². The monoisotopic (exact) mass is 239 g/mol. The number of anilines is 1. The number of alkyl halides is 1. The molecular weight excluding hydrogens is 226 g/mol. The summed E-state index contributed by atoms with van der Waals surface area (Å²) in [5, 5.41) is 0.828. The molecule has 0 aromatic heterocycles. The largest absolute Gasteiger partial charge is 0.378 e. The second kappa shape index (κ2) is 4.47. The van der Waals surface area contributed by atoms with Crippen LogP contribution in [0.15, 0.2) is 30.8 Å². The SMILES string of the molecule is C=C(CBr)c1ccc(N(C)C)cc1. The van der Waals surface area contributed by atoms with Gasteiger partial charge in [0.15, 0.2) is 0 Å². The summed E-state index contributed by atoms with van der Waals surface area (Å²) in [4.78, 5) is 2.08. The van der Waals surface area contributed by atoms with E-state index in [-0.39, 0.29) is 0 Å². The van der Waals surface area contributed by atoms with Gasteiger partial charge in [-0.15, -0.1) is 0 Å². The van der Waals surface area contributed by atoms with Crippen molar-refractivity contribution < 1.29 is 0 Å². The summed E-state index contributed by atoms with van der Waals surface area (Å²) < 4.78 is 0. The fourth-order valence-corrected chi connectivity index (χ4v) is 1.40. The molecule has 1 rings (SSSR count). The summed E-state index contributed by atoms with van der Waals surface area (Å²) in [5.41, 5.74) is 3.53. The third-order valence-corrected chi connectivity index (χ3v) is 2.63. The second-order valence-corrected chi connectivity index (χ2v) is 3.74. The Morgan fingerprint density at radius 2 is 1.85 bits per heavy atom. The normalized spacial score (nSPS) is 9.77. The summed E-state index contributed by atoms with van der Waals surface area (Å²) in [6, 6.07) is 8.39. The predicted molar refractivity (Wildman–Crippen MR) is 63.6 cm³/mol. The number of allylic oxidation sites excluding steroid dienone is 1. The molecule has 13 heavy (non-hydrogen) atoms. The minimum absolute atomic E-state index is 0.828. The maximum atomic E-state index is 3.96. The Labute approximate surface area is 88.2 Å². The molecule has 0 bridgehead atoms. The average Bonchev–Trinajstić information content (AvgIpc) is 2.17. The van der Waals surface area contributed by atoms with Crippen LogP contribution in [0.1, 0.15) is 5.56 Å². The molecule has 1 nitrogen and oxygen atoms in total. The van der Waals surface area contributed by atoms with E-state index >= 15 is 0 Å². The van der Waals surface area contributed by atoms with Crippen molar-refractivity contribution in [1.29, 1.82) is 0 Å². The van der Waals surface area contributed by atoms with Crippen LogP contribution in [0.5, 0.6) is 0 Å². The van der Waals surface area contributed by atoms with Gasteiger partial charge in [0.1, 0.15) is 0 Å². The van der Waals surface area contributed by atoms with E-state index in [9.17, 15) is 0 Å². The number of hydrogen-bond donors (Lipinski definition) is 0. The van der Waals surface area contributed by atoms with Crippen molar-refractivity contribution in [2.45, 2.75) is 0 Å². The standard InChI is InChI=1S/C11H14BrN/c1-9(8-12)10-4-6-11(7-5-10)13(2)3/h4-7H,1,8H2,2-3H3. The lowest BCUT2D eigenvalue weighted by molar-refractivity contribution is 1.13. The van der Waals surface area contributed by atoms with E-state index in [0.717, 1.165) is 10.9 Å². The lowest BCUT2D eigenvalue weighted by atomic mass is 10.1. The Morgan fingerprint density at radius 1 is 1.31 bits per heavy atom. The van der Waals surface area contributed by atoms with Crippen LogP contribution in [0.25, 0.3) is 5.57 Å². The average molecular weight is 240 g/mol. The first-order valence-corrected chi connectivity index (χ1v) is 5.29. The van der Waals surface area contributed by atoms with Crippen LogP contribution in [0.4, 0.5) is 5.69 Å². The molecule has 0 atom stereocenters. The molecule has 0 aliphatic heterocycles. The van der Waals surface area contributed by atoms with E-state index in [1.165, 1.54) is 11.3 Å². The minimum Gasteiger partial charge on any atom is -0.378 e. The van der Waals surface area contributed by atoms with Crippen molar-refractivity contribution in [1.82, 2.24) is 0 Å². The van der Waals surface area contributed by atoms with Gasteiger partial charge in [-0.05, 0) is 23.3 Å². The van der Waals surface area contributed by atoms with E-state index in [4.69, 9.17) is 0 Å². The first-order chi connectivity index (χ1) is 6.15. The Kier molecular flexibility index (Phi) is 3.55. The van der Waals surface area contributed by atoms with Gasteiger partial charge in [-0.2, -0.15) is 0 Å². The van der Waals surface area contributed by atoms with Gasteiger partial charge < -0.3 is 4.90 Å². The quantitative estimate of drug-likeness (QED) is 0.733. The molecule has 1 aromatic carbocycles. The third-order valence-electron chi connectivity index (χ3n) is 1.95. The van der Waals surface area contributed by atoms with Crippen LogP contribution >= 0.6 is 15.9 Å². The molecule has 0 N–H and O–H groups in total. The summed E-state index contributed by atoms with van der Waals surface area (Å²) in [7, 11) is 4.07. The first kappa shape index (κ1) is 10.3. The Balaban J connectivity index is 2.87. The van der Waals surface area contributed by atoms with E-state index in [0.29, 0.717) is 0 Å². The van der Waals surface area contributed by atoms with Gasteiger partial charge in [-0.1, -0.05) is 34.6 Å². The van der Waals surface area contributed by atoms with Crippen molar-refractivity contribution in [3.63, 3.8) is 0 Å². The summed E-state index contributed by atoms with van der Waals surface area (Å²) in [6.45, 7) is 3.96. The number of nitrogens with zero attached hydrogens (tertiary/aromatic N) is 1. The van der Waals surface area contributed by atoms with Gasteiger partial charge in [-0.3, -0.25) is 0 Å². The van der Waals surface area contributed by atoms with Crippen LogP contribution < -0.4 is 4.90 Å². The van der Waals surface area contributed by atoms with Gasteiger partial charge in [0.25, 0.3) is 0 Å². The summed E-state index contributed by atoms with van der Waals surface area (Å²) >= 11 is 3.39. The zero-order chi connectivity index (χ0) is 9.84. The molecule has 0 saturated carbocycles. The summed E-state index contributed by atoms with van der Waals surface area (Å²) in [5.74, 6) is 0. The van der Waals surface area contributed by atoms with Crippen LogP contribution in [0, 0.1) is 0 Å². The van der Waals surface area contributed by atoms with Crippen molar-refractivity contribution in [2.24, 2.45) is 0 Å². The fraction of sp³-hybridized carbons (Fsp3) is 0.273. The van der Waals surface area contributed by atoms with E-state index < -0.39 is 0 Å². The molecule has 2 heteroatoms. The highest BCUT2D eigenvalue weighted by Gasteiger charge is 1.98. The van der Waals surface area contributed by atoms with Crippen molar-refractivity contribution >= 4 is 27.2 Å². The zero-order valence-corrected chi connectivity index (χ0v) is 9.63. The van der Waals surface area contributed by atoms with Crippen LogP contribution in [-0.2, 0) is 0 Å². The molecule has 0 unspecified atom stereocenters. The van der Waals surface area contributed by atoms with Crippen molar-refractivity contribution in [2.75, 3.05) is 24.3 Å². The van der Waals surface area contributed by atoms with Crippen LogP contribution in [0.2, 0.25) is 0 Å². The number of halogens is 1. The molecule has 0 spiro atoms. The Hall–Kier alpha value is -0.760. The van der Waals surface area contributed by atoms with Gasteiger partial charge in [-0.25, -0.2) is 0 Å². The minimum atomic E-state index is 0.828. The predicted octanol–water partition coefficient (Wildman–Crippen LogP) is 3.16. The smallest absolute Gasteiger partial charge is 0.0361 e. The molecular formula is C11H14BrN. The number of rotatable bonds is 3. The Morgan fingerprint density at radius 3 is 2.23 bits per heavy atom. The van der Waals surface area contributed by atoms with Gasteiger partial charge >= 0.3 is 0 Å². The van der Waals surface area contributed by atoms with Gasteiger partial charge in [0.05, 0.1) is 0 Å². The molecule has 0 fully saturated rings. The Bertz CT molecular complexity index is 287.